The summed E-state index contributed by atoms with van der Waals surface area (Å²) < 4.78 is 68.6. The quantitative estimate of drug-likeness (QED) is 0.0222. The summed E-state index contributed by atoms with van der Waals surface area (Å²) in [4.78, 5) is 72.9. The minimum Gasteiger partial charge on any atom is -0.462 e. The highest BCUT2D eigenvalue weighted by molar-refractivity contribution is 7.47. The first-order chi connectivity index (χ1) is 46.9. The molecule has 0 saturated heterocycles. The lowest BCUT2D eigenvalue weighted by Gasteiger charge is -2.21. The number of ether oxygens (including phenoxy) is 4. The third kappa shape index (κ3) is 72.2. The second-order valence-corrected chi connectivity index (χ2v) is 32.0. The van der Waals surface area contributed by atoms with Crippen LogP contribution in [0.15, 0.2) is 0 Å². The van der Waals surface area contributed by atoms with E-state index in [-0.39, 0.29) is 25.7 Å². The Kier molecular flexibility index (Phi) is 68.4. The highest BCUT2D eigenvalue weighted by Crippen LogP contribution is 2.45. The molecular formula is C78H152O17P2. The van der Waals surface area contributed by atoms with Gasteiger partial charge in [-0.05, 0) is 37.5 Å². The van der Waals surface area contributed by atoms with Crippen molar-refractivity contribution < 1.29 is 80.2 Å². The number of hydrogen-bond acceptors (Lipinski definition) is 15. The molecule has 0 aromatic heterocycles. The maximum absolute atomic E-state index is 13.1. The summed E-state index contributed by atoms with van der Waals surface area (Å²) >= 11 is 0. The van der Waals surface area contributed by atoms with Crippen LogP contribution in [0.1, 0.15) is 408 Å². The van der Waals surface area contributed by atoms with Crippen LogP contribution in [0.5, 0.6) is 0 Å². The van der Waals surface area contributed by atoms with Gasteiger partial charge in [0.25, 0.3) is 0 Å². The second kappa shape index (κ2) is 69.8. The molecule has 0 fully saturated rings. The minimum atomic E-state index is -4.96. The number of rotatable bonds is 77. The van der Waals surface area contributed by atoms with Crippen LogP contribution in [-0.2, 0) is 65.4 Å². The van der Waals surface area contributed by atoms with E-state index in [4.69, 9.17) is 37.0 Å². The van der Waals surface area contributed by atoms with Gasteiger partial charge in [-0.3, -0.25) is 37.3 Å². The van der Waals surface area contributed by atoms with Gasteiger partial charge in [0.05, 0.1) is 26.4 Å². The largest absolute Gasteiger partial charge is 0.472 e. The molecule has 0 heterocycles. The molecule has 0 aromatic rings. The third-order valence-corrected chi connectivity index (χ3v) is 20.1. The molecule has 2 unspecified atom stereocenters. The summed E-state index contributed by atoms with van der Waals surface area (Å²) in [5, 5.41) is 10.6. The van der Waals surface area contributed by atoms with Crippen LogP contribution >= 0.6 is 15.6 Å². The molecule has 0 saturated carbocycles. The monoisotopic (exact) mass is 1420 g/mol. The minimum absolute atomic E-state index is 0.107. The van der Waals surface area contributed by atoms with Gasteiger partial charge in [0.1, 0.15) is 19.3 Å². The van der Waals surface area contributed by atoms with E-state index in [1.54, 1.807) is 0 Å². The van der Waals surface area contributed by atoms with Crippen LogP contribution in [-0.4, -0.2) is 96.7 Å². The zero-order chi connectivity index (χ0) is 71.4. The van der Waals surface area contributed by atoms with Gasteiger partial charge in [-0.1, -0.05) is 356 Å². The molecular weight excluding hydrogens is 1270 g/mol. The SMILES string of the molecule is CCCCCCCCCCCCCCCCCCCCC(=O)O[C@H](COC(=O)CCCCCCCCCCCCCCCC(C)C)COP(=O)(O)OC[C@@H](O)COP(=O)(O)OC[C@@H](COC(=O)CCCCCCCCCC(C)C)OC(=O)CCCCCCCCCCCCCCC. The first-order valence-corrected chi connectivity index (χ1v) is 43.5. The second-order valence-electron chi connectivity index (χ2n) is 29.1. The molecule has 97 heavy (non-hydrogen) atoms. The van der Waals surface area contributed by atoms with E-state index in [0.29, 0.717) is 31.6 Å². The predicted molar refractivity (Wildman–Crippen MR) is 395 cm³/mol. The molecule has 576 valence electrons. The van der Waals surface area contributed by atoms with Gasteiger partial charge in [0.2, 0.25) is 0 Å². The molecule has 0 aliphatic rings. The van der Waals surface area contributed by atoms with Crippen LogP contribution in [0.25, 0.3) is 0 Å². The number of aliphatic hydroxyl groups is 1. The molecule has 0 rings (SSSR count). The van der Waals surface area contributed by atoms with E-state index in [9.17, 15) is 43.2 Å². The first kappa shape index (κ1) is 95.1. The van der Waals surface area contributed by atoms with Crippen molar-refractivity contribution in [2.45, 2.75) is 426 Å². The lowest BCUT2D eigenvalue weighted by molar-refractivity contribution is -0.161. The molecule has 0 bridgehead atoms. The smallest absolute Gasteiger partial charge is 0.462 e. The van der Waals surface area contributed by atoms with Crippen molar-refractivity contribution in [2.24, 2.45) is 11.8 Å². The van der Waals surface area contributed by atoms with Crippen LogP contribution in [0.4, 0.5) is 0 Å². The summed E-state index contributed by atoms with van der Waals surface area (Å²) in [7, 11) is -9.91. The Labute approximate surface area is 594 Å². The van der Waals surface area contributed by atoms with Crippen molar-refractivity contribution >= 4 is 39.5 Å². The number of aliphatic hydroxyl groups excluding tert-OH is 1. The number of esters is 4. The summed E-state index contributed by atoms with van der Waals surface area (Å²) in [6.07, 6.45) is 58.3. The number of phosphoric acid groups is 2. The lowest BCUT2D eigenvalue weighted by atomic mass is 10.0. The predicted octanol–water partition coefficient (Wildman–Crippen LogP) is 23.1. The van der Waals surface area contributed by atoms with Crippen molar-refractivity contribution in [2.75, 3.05) is 39.6 Å². The van der Waals surface area contributed by atoms with E-state index < -0.39 is 97.5 Å². The van der Waals surface area contributed by atoms with E-state index in [2.05, 4.69) is 41.5 Å². The summed E-state index contributed by atoms with van der Waals surface area (Å²) in [5.41, 5.74) is 0. The fourth-order valence-electron chi connectivity index (χ4n) is 12.0. The maximum atomic E-state index is 13.1. The fraction of sp³-hybridized carbons (Fsp3) is 0.949. The Bertz CT molecular complexity index is 1870. The normalized spacial score (nSPS) is 14.0. The molecule has 17 nitrogen and oxygen atoms in total. The molecule has 3 N–H and O–H groups in total. The van der Waals surface area contributed by atoms with Crippen LogP contribution in [0.3, 0.4) is 0 Å². The summed E-state index contributed by atoms with van der Waals surface area (Å²) in [6.45, 7) is 9.58. The van der Waals surface area contributed by atoms with E-state index >= 15 is 0 Å². The molecule has 0 spiro atoms. The van der Waals surface area contributed by atoms with Crippen LogP contribution in [0.2, 0.25) is 0 Å². The van der Waals surface area contributed by atoms with Gasteiger partial charge < -0.3 is 33.8 Å². The molecule has 0 aromatic carbocycles. The first-order valence-electron chi connectivity index (χ1n) is 40.5. The third-order valence-electron chi connectivity index (χ3n) is 18.2. The van der Waals surface area contributed by atoms with Crippen molar-refractivity contribution in [3.63, 3.8) is 0 Å². The zero-order valence-electron chi connectivity index (χ0n) is 63.4. The zero-order valence-corrected chi connectivity index (χ0v) is 65.2. The summed E-state index contributed by atoms with van der Waals surface area (Å²) in [5.74, 6) is -0.616. The Hall–Kier alpha value is -1.94. The lowest BCUT2D eigenvalue weighted by Crippen LogP contribution is -2.30. The van der Waals surface area contributed by atoms with Gasteiger partial charge in [-0.25, -0.2) is 9.13 Å². The van der Waals surface area contributed by atoms with Crippen LogP contribution in [0, 0.1) is 11.8 Å². The van der Waals surface area contributed by atoms with Crippen molar-refractivity contribution in [1.29, 1.82) is 0 Å². The molecule has 0 radical (unpaired) electrons. The topological polar surface area (TPSA) is 237 Å². The Morgan fingerprint density at radius 1 is 0.278 bits per heavy atom. The summed E-state index contributed by atoms with van der Waals surface area (Å²) in [6, 6.07) is 0. The Morgan fingerprint density at radius 3 is 0.701 bits per heavy atom. The Balaban J connectivity index is 5.24. The van der Waals surface area contributed by atoms with Crippen molar-refractivity contribution in [1.82, 2.24) is 0 Å². The average Bonchev–Trinajstić information content (AvgIpc) is 1.60. The fourth-order valence-corrected chi connectivity index (χ4v) is 13.6. The van der Waals surface area contributed by atoms with E-state index in [1.165, 1.54) is 218 Å². The van der Waals surface area contributed by atoms with Gasteiger partial charge in [-0.15, -0.1) is 0 Å². The number of carbonyl (C=O) groups excluding carboxylic acids is 4. The van der Waals surface area contributed by atoms with Crippen LogP contribution < -0.4 is 0 Å². The standard InChI is InChI=1S/C78H152O17P2/c1-7-9-11-13-15-17-19-21-22-23-24-25-29-34-38-44-51-57-63-78(83)94-73(66-88-75(80)60-54-48-42-36-32-30-26-28-31-35-40-46-52-58-70(3)4)68-92-96(84,85)90-64-72(79)65-91-97(86,87)93-69-74(67-89-76(81)61-55-49-45-39-41-47-53-59-71(5)6)95-77(82)62-56-50-43-37-33-27-20-18-16-14-12-10-8-2/h70-74,79H,7-69H2,1-6H3,(H,84,85)(H,86,87)/t72-,73-,74-/m1/s1. The van der Waals surface area contributed by atoms with E-state index in [1.807, 2.05) is 0 Å². The molecule has 5 atom stereocenters. The highest BCUT2D eigenvalue weighted by atomic mass is 31.2. The number of unbranched alkanes of at least 4 members (excludes halogenated alkanes) is 47. The number of phosphoric ester groups is 2. The molecule has 19 heteroatoms. The van der Waals surface area contributed by atoms with Gasteiger partial charge in [0.15, 0.2) is 12.2 Å². The van der Waals surface area contributed by atoms with Crippen molar-refractivity contribution in [3.8, 4) is 0 Å². The van der Waals surface area contributed by atoms with Gasteiger partial charge in [-0.2, -0.15) is 0 Å². The highest BCUT2D eigenvalue weighted by Gasteiger charge is 2.30. The Morgan fingerprint density at radius 2 is 0.474 bits per heavy atom. The van der Waals surface area contributed by atoms with Gasteiger partial charge in [0, 0.05) is 25.7 Å². The molecule has 0 aliphatic heterocycles. The average molecular weight is 1420 g/mol. The molecule has 0 amide bonds. The van der Waals surface area contributed by atoms with Gasteiger partial charge >= 0.3 is 39.5 Å². The van der Waals surface area contributed by atoms with Crippen molar-refractivity contribution in [3.05, 3.63) is 0 Å². The maximum Gasteiger partial charge on any atom is 0.472 e. The number of hydrogen-bond donors (Lipinski definition) is 3. The number of carbonyl (C=O) groups is 4. The van der Waals surface area contributed by atoms with E-state index in [0.717, 1.165) is 102 Å². The molecule has 0 aliphatic carbocycles.